The van der Waals surface area contributed by atoms with Gasteiger partial charge in [0.15, 0.2) is 0 Å². The molecule has 0 saturated carbocycles. The van der Waals surface area contributed by atoms with Gasteiger partial charge in [-0.2, -0.15) is 4.98 Å². The van der Waals surface area contributed by atoms with Gasteiger partial charge in [-0.3, -0.25) is 9.69 Å². The first-order chi connectivity index (χ1) is 17.9. The van der Waals surface area contributed by atoms with Gasteiger partial charge in [-0.25, -0.2) is 4.99 Å². The molecule has 1 aromatic heterocycles. The zero-order chi connectivity index (χ0) is 27.4. The van der Waals surface area contributed by atoms with E-state index in [-0.39, 0.29) is 5.91 Å². The third-order valence-corrected chi connectivity index (χ3v) is 5.73. The van der Waals surface area contributed by atoms with E-state index < -0.39 is 0 Å². The third-order valence-electron chi connectivity index (χ3n) is 5.42. The molecule has 1 N–H and O–H groups in total. The van der Waals surface area contributed by atoms with E-state index in [4.69, 9.17) is 25.9 Å². The summed E-state index contributed by atoms with van der Waals surface area (Å²) in [5, 5.41) is 7.72. The van der Waals surface area contributed by atoms with Crippen LogP contribution in [0.1, 0.15) is 58.9 Å². The number of allylic oxidation sites excluding steroid dienone is 2. The quantitative estimate of drug-likeness (QED) is 0.370. The Kier molecular flexibility index (Phi) is 12.3. The highest BCUT2D eigenvalue weighted by molar-refractivity contribution is 6.37. The van der Waals surface area contributed by atoms with Crippen molar-refractivity contribution < 1.29 is 14.1 Å². The molecular formula is C28H38ClN5O3. The highest BCUT2D eigenvalue weighted by Crippen LogP contribution is 2.33. The molecule has 0 radical (unpaired) electrons. The minimum absolute atomic E-state index is 0.155. The molecule has 1 amide bonds. The van der Waals surface area contributed by atoms with Gasteiger partial charge in [0.1, 0.15) is 11.7 Å². The zero-order valence-corrected chi connectivity index (χ0v) is 23.6. The van der Waals surface area contributed by atoms with E-state index in [9.17, 15) is 4.79 Å². The largest absolute Gasteiger partial charge is 0.385 e. The van der Waals surface area contributed by atoms with Gasteiger partial charge in [0.05, 0.1) is 0 Å². The predicted octanol–water partition coefficient (Wildman–Crippen LogP) is 6.19. The Bertz CT molecular complexity index is 1180. The van der Waals surface area contributed by atoms with Crippen molar-refractivity contribution in [2.45, 2.75) is 54.4 Å². The molecule has 9 heteroatoms. The Hall–Kier alpha value is -3.23. The van der Waals surface area contributed by atoms with Gasteiger partial charge >= 0.3 is 0 Å². The smallest absolute Gasteiger partial charge is 0.260 e. The monoisotopic (exact) mass is 527 g/mol. The van der Waals surface area contributed by atoms with Crippen molar-refractivity contribution >= 4 is 28.9 Å². The van der Waals surface area contributed by atoms with E-state index >= 15 is 0 Å². The molecule has 2 aromatic rings. The molecule has 200 valence electrons. The molecule has 1 aliphatic rings. The second-order valence-corrected chi connectivity index (χ2v) is 8.30. The average Bonchev–Trinajstić information content (AvgIpc) is 3.34. The van der Waals surface area contributed by atoms with Crippen LogP contribution >= 0.6 is 11.6 Å². The number of amidine groups is 1. The maximum Gasteiger partial charge on any atom is 0.260 e. The molecule has 1 aliphatic heterocycles. The van der Waals surface area contributed by atoms with E-state index in [0.717, 1.165) is 30.8 Å². The summed E-state index contributed by atoms with van der Waals surface area (Å²) in [5.41, 5.74) is 2.71. The summed E-state index contributed by atoms with van der Waals surface area (Å²) < 4.78 is 10.2. The van der Waals surface area contributed by atoms with Crippen LogP contribution < -0.4 is 5.32 Å². The number of rotatable bonds is 10. The van der Waals surface area contributed by atoms with Gasteiger partial charge in [-0.15, -0.1) is 0 Å². The van der Waals surface area contributed by atoms with Gasteiger partial charge in [0, 0.05) is 61.0 Å². The van der Waals surface area contributed by atoms with Crippen LogP contribution in [-0.4, -0.2) is 53.6 Å². The van der Waals surface area contributed by atoms with E-state index in [0.29, 0.717) is 52.4 Å². The maximum atomic E-state index is 13.6. The number of aliphatic imine (C=N–C) groups is 1. The average molecular weight is 528 g/mol. The summed E-state index contributed by atoms with van der Waals surface area (Å²) in [6, 6.07) is 5.40. The number of likely N-dealkylation sites (N-methyl/N-ethyl adjacent to an activating group) is 1. The van der Waals surface area contributed by atoms with Crippen molar-refractivity contribution in [2.75, 3.05) is 26.8 Å². The molecule has 0 fully saturated rings. The van der Waals surface area contributed by atoms with Crippen LogP contribution in [0.2, 0.25) is 5.02 Å². The number of hydrogen-bond acceptors (Lipinski definition) is 7. The number of ether oxygens (including phenoxy) is 1. The maximum absolute atomic E-state index is 13.6. The Balaban J connectivity index is 0.00000235. The zero-order valence-electron chi connectivity index (χ0n) is 22.9. The number of carbonyl (C=O) groups is 1. The van der Waals surface area contributed by atoms with Gasteiger partial charge in [-0.05, 0) is 44.9 Å². The first kappa shape index (κ1) is 30.0. The van der Waals surface area contributed by atoms with E-state index in [1.54, 1.807) is 25.0 Å². The van der Waals surface area contributed by atoms with Gasteiger partial charge < -0.3 is 14.6 Å². The molecule has 8 nitrogen and oxygen atoms in total. The number of carbonyl (C=O) groups excluding carboxylic acids is 1. The summed E-state index contributed by atoms with van der Waals surface area (Å²) in [4.78, 5) is 24.3. The minimum Gasteiger partial charge on any atom is -0.385 e. The van der Waals surface area contributed by atoms with E-state index in [2.05, 4.69) is 22.4 Å². The Morgan fingerprint density at radius 3 is 2.62 bits per heavy atom. The lowest BCUT2D eigenvalue weighted by Gasteiger charge is -2.30. The van der Waals surface area contributed by atoms with Gasteiger partial charge in [-0.1, -0.05) is 55.7 Å². The Labute approximate surface area is 225 Å². The molecule has 0 aliphatic carbocycles. The molecule has 1 aromatic carbocycles. The van der Waals surface area contributed by atoms with Crippen molar-refractivity contribution in [3.8, 4) is 11.4 Å². The fourth-order valence-corrected chi connectivity index (χ4v) is 3.97. The number of aromatic nitrogens is 2. The van der Waals surface area contributed by atoms with Crippen molar-refractivity contribution in [1.82, 2.24) is 20.4 Å². The summed E-state index contributed by atoms with van der Waals surface area (Å²) >= 11 is 6.63. The molecule has 0 saturated heterocycles. The fraction of sp³-hybridized carbons (Fsp3) is 0.429. The number of benzene rings is 1. The van der Waals surface area contributed by atoms with Crippen molar-refractivity contribution in [3.05, 3.63) is 64.3 Å². The topological polar surface area (TPSA) is 92.9 Å². The standard InChI is InChI=1S/C26H32ClN5O3.C2H6/c1-6-10-23(28-13-9-14-34-5)30-25-18(7-2)15-21(26(33)32(25)8-3)20-12-11-19(16-22(20)27)24-29-17(4)35-31-24;1-2/h7,10-12,15-16,28H,6,8-9,13-14H2,1-5H3;1-2H3/b18-7-,23-10+,30-25+;. The highest BCUT2D eigenvalue weighted by atomic mass is 35.5. The molecule has 0 spiro atoms. The lowest BCUT2D eigenvalue weighted by Crippen LogP contribution is -2.41. The molecule has 3 rings (SSSR count). The normalized spacial score (nSPS) is 16.1. The van der Waals surface area contributed by atoms with Crippen LogP contribution in [0.5, 0.6) is 0 Å². The van der Waals surface area contributed by atoms with Gasteiger partial charge in [0.2, 0.25) is 11.7 Å². The molecule has 0 atom stereocenters. The van der Waals surface area contributed by atoms with Crippen molar-refractivity contribution in [1.29, 1.82) is 0 Å². The van der Waals surface area contributed by atoms with Gasteiger partial charge in [0.25, 0.3) is 5.91 Å². The van der Waals surface area contributed by atoms with E-state index in [1.807, 2.05) is 58.1 Å². The molecular weight excluding hydrogens is 490 g/mol. The SMILES string of the molecule is C/C=C1/C=C(c2ccc(-c3noc(C)n3)cc2Cl)C(=O)N(CC)/C1=N/C(=C/CC)NCCCOC.CC. The Morgan fingerprint density at radius 2 is 2.05 bits per heavy atom. The van der Waals surface area contributed by atoms with Crippen LogP contribution in [0.25, 0.3) is 17.0 Å². The Morgan fingerprint density at radius 1 is 1.30 bits per heavy atom. The number of amides is 1. The number of halogens is 1. The fourth-order valence-electron chi connectivity index (χ4n) is 3.69. The first-order valence-electron chi connectivity index (χ1n) is 12.8. The number of hydrogen-bond donors (Lipinski definition) is 1. The highest BCUT2D eigenvalue weighted by Gasteiger charge is 2.31. The minimum atomic E-state index is -0.155. The lowest BCUT2D eigenvalue weighted by atomic mass is 9.95. The van der Waals surface area contributed by atoms with Crippen LogP contribution in [-0.2, 0) is 9.53 Å². The molecule has 2 heterocycles. The van der Waals surface area contributed by atoms with Crippen molar-refractivity contribution in [2.24, 2.45) is 4.99 Å². The first-order valence-corrected chi connectivity index (χ1v) is 13.1. The molecule has 0 unspecified atom stereocenters. The third kappa shape index (κ3) is 7.63. The number of nitrogens with one attached hydrogen (secondary N) is 1. The van der Waals surface area contributed by atoms with Crippen LogP contribution in [0.4, 0.5) is 0 Å². The lowest BCUT2D eigenvalue weighted by molar-refractivity contribution is -0.121. The molecule has 37 heavy (non-hydrogen) atoms. The van der Waals surface area contributed by atoms with Crippen LogP contribution in [0.3, 0.4) is 0 Å². The van der Waals surface area contributed by atoms with Crippen LogP contribution in [0.15, 0.2) is 57.3 Å². The second kappa shape index (κ2) is 15.1. The number of methoxy groups -OCH3 is 1. The molecule has 0 bridgehead atoms. The van der Waals surface area contributed by atoms with Crippen molar-refractivity contribution in [3.63, 3.8) is 0 Å². The number of nitrogens with zero attached hydrogens (tertiary/aromatic N) is 4. The second-order valence-electron chi connectivity index (χ2n) is 7.89. The van der Waals surface area contributed by atoms with E-state index in [1.165, 1.54) is 0 Å². The summed E-state index contributed by atoms with van der Waals surface area (Å²) in [6.07, 6.45) is 7.49. The predicted molar refractivity (Wildman–Crippen MR) is 150 cm³/mol. The summed E-state index contributed by atoms with van der Waals surface area (Å²) in [7, 11) is 1.68. The summed E-state index contributed by atoms with van der Waals surface area (Å²) in [6.45, 7) is 13.5. The van der Waals surface area contributed by atoms with Crippen LogP contribution in [0, 0.1) is 6.92 Å². The number of aryl methyl sites for hydroxylation is 1. The summed E-state index contributed by atoms with van der Waals surface area (Å²) in [5.74, 6) is 2.11.